The molecule has 1 aromatic heterocycles. The zero-order chi connectivity index (χ0) is 21.8. The van der Waals surface area contributed by atoms with Crippen molar-refractivity contribution in [3.63, 3.8) is 0 Å². The summed E-state index contributed by atoms with van der Waals surface area (Å²) in [7, 11) is 0. The maximum atomic E-state index is 6.53. The van der Waals surface area contributed by atoms with E-state index in [1.807, 2.05) is 49.4 Å². The standard InChI is InChI=1S/C27H27NO2S/c1-4-28(5-2)24-18-23(31)22-17-21(19-13-9-7-10-14-19)26(29-6-3)25(27(22)30-24)20-15-11-8-12-16-20/h7-18H,4-6H2,1-3H3. The SMILES string of the molecule is CCOc1c(-c2ccccc2)cc2c(=S)cc(N(CC)CC)oc2c1-c1ccccc1. The molecule has 0 spiro atoms. The highest BCUT2D eigenvalue weighted by molar-refractivity contribution is 7.71. The summed E-state index contributed by atoms with van der Waals surface area (Å²) in [6, 6.07) is 24.7. The van der Waals surface area contributed by atoms with Gasteiger partial charge in [0, 0.05) is 30.1 Å². The smallest absolute Gasteiger partial charge is 0.197 e. The molecule has 0 radical (unpaired) electrons. The molecular formula is C27H27NO2S. The molecule has 0 bridgehead atoms. The Labute approximate surface area is 188 Å². The number of rotatable bonds is 7. The lowest BCUT2D eigenvalue weighted by molar-refractivity contribution is 0.343. The van der Waals surface area contributed by atoms with Gasteiger partial charge in [0.15, 0.2) is 5.88 Å². The highest BCUT2D eigenvalue weighted by atomic mass is 32.1. The summed E-state index contributed by atoms with van der Waals surface area (Å²) in [6.45, 7) is 8.50. The van der Waals surface area contributed by atoms with E-state index in [9.17, 15) is 0 Å². The molecule has 4 aromatic rings. The molecule has 3 aromatic carbocycles. The molecule has 0 saturated carbocycles. The number of benzene rings is 3. The summed E-state index contributed by atoms with van der Waals surface area (Å²) in [6.07, 6.45) is 0. The fourth-order valence-electron chi connectivity index (χ4n) is 3.95. The van der Waals surface area contributed by atoms with Gasteiger partial charge in [-0.3, -0.25) is 0 Å². The first-order chi connectivity index (χ1) is 15.2. The first-order valence-corrected chi connectivity index (χ1v) is 11.2. The molecule has 0 N–H and O–H groups in total. The van der Waals surface area contributed by atoms with E-state index in [1.165, 1.54) is 0 Å². The van der Waals surface area contributed by atoms with E-state index >= 15 is 0 Å². The van der Waals surface area contributed by atoms with Crippen LogP contribution in [0.25, 0.3) is 33.2 Å². The zero-order valence-electron chi connectivity index (χ0n) is 18.2. The highest BCUT2D eigenvalue weighted by Crippen LogP contribution is 2.45. The van der Waals surface area contributed by atoms with Gasteiger partial charge in [-0.2, -0.15) is 0 Å². The summed E-state index contributed by atoms with van der Waals surface area (Å²) < 4.78 is 13.6. The van der Waals surface area contributed by atoms with Crippen molar-refractivity contribution < 1.29 is 9.15 Å². The number of hydrogen-bond acceptors (Lipinski definition) is 4. The number of ether oxygens (including phenoxy) is 1. The van der Waals surface area contributed by atoms with E-state index in [-0.39, 0.29) is 0 Å². The molecule has 0 unspecified atom stereocenters. The number of nitrogens with zero attached hydrogens (tertiary/aromatic N) is 1. The van der Waals surface area contributed by atoms with Crippen molar-refractivity contribution >= 4 is 29.1 Å². The summed E-state index contributed by atoms with van der Waals surface area (Å²) >= 11 is 5.86. The van der Waals surface area contributed by atoms with Gasteiger partial charge in [0.1, 0.15) is 11.3 Å². The predicted octanol–water partition coefficient (Wildman–Crippen LogP) is 7.74. The van der Waals surface area contributed by atoms with Crippen molar-refractivity contribution in [2.45, 2.75) is 20.8 Å². The van der Waals surface area contributed by atoms with E-state index in [0.29, 0.717) is 6.61 Å². The molecule has 3 nitrogen and oxygen atoms in total. The number of fused-ring (bicyclic) bond motifs is 1. The third-order valence-electron chi connectivity index (χ3n) is 5.47. The average Bonchev–Trinajstić information content (AvgIpc) is 2.81. The van der Waals surface area contributed by atoms with Crippen LogP contribution in [0.3, 0.4) is 0 Å². The second-order valence-corrected chi connectivity index (χ2v) is 7.73. The van der Waals surface area contributed by atoms with Crippen molar-refractivity contribution in [2.24, 2.45) is 0 Å². The first-order valence-electron chi connectivity index (χ1n) is 10.8. The Kier molecular flexibility index (Phi) is 6.38. The maximum Gasteiger partial charge on any atom is 0.197 e. The third kappa shape index (κ3) is 4.08. The van der Waals surface area contributed by atoms with E-state index in [4.69, 9.17) is 21.4 Å². The molecule has 4 rings (SSSR count). The summed E-state index contributed by atoms with van der Waals surface area (Å²) in [5, 5.41) is 0.923. The Hall–Kier alpha value is -3.11. The van der Waals surface area contributed by atoms with Gasteiger partial charge in [-0.15, -0.1) is 0 Å². The van der Waals surface area contributed by atoms with Crippen molar-refractivity contribution in [1.29, 1.82) is 0 Å². The maximum absolute atomic E-state index is 6.53. The molecule has 158 valence electrons. The van der Waals surface area contributed by atoms with Crippen molar-refractivity contribution in [3.05, 3.63) is 77.3 Å². The van der Waals surface area contributed by atoms with Crippen molar-refractivity contribution in [1.82, 2.24) is 0 Å². The summed E-state index contributed by atoms with van der Waals surface area (Å²) in [5.74, 6) is 1.61. The highest BCUT2D eigenvalue weighted by Gasteiger charge is 2.21. The minimum atomic E-state index is 0.557. The van der Waals surface area contributed by atoms with Gasteiger partial charge in [0.2, 0.25) is 0 Å². The van der Waals surface area contributed by atoms with Gasteiger partial charge in [-0.25, -0.2) is 0 Å². The van der Waals surface area contributed by atoms with Crippen LogP contribution in [0.2, 0.25) is 0 Å². The molecular weight excluding hydrogens is 402 g/mol. The zero-order valence-corrected chi connectivity index (χ0v) is 19.0. The molecule has 0 saturated heterocycles. The Morgan fingerprint density at radius 2 is 1.45 bits per heavy atom. The minimum Gasteiger partial charge on any atom is -0.492 e. The molecule has 0 aliphatic rings. The van der Waals surface area contributed by atoms with E-state index in [0.717, 1.165) is 62.5 Å². The van der Waals surface area contributed by atoms with Crippen LogP contribution in [0.5, 0.6) is 5.75 Å². The van der Waals surface area contributed by atoms with Crippen LogP contribution in [-0.2, 0) is 0 Å². The first kappa shape index (κ1) is 21.1. The topological polar surface area (TPSA) is 25.6 Å². The lowest BCUT2D eigenvalue weighted by Crippen LogP contribution is -2.21. The van der Waals surface area contributed by atoms with Gasteiger partial charge in [-0.05, 0) is 38.0 Å². The van der Waals surface area contributed by atoms with E-state index in [1.54, 1.807) is 0 Å². The quantitative estimate of drug-likeness (QED) is 0.281. The molecule has 0 atom stereocenters. The third-order valence-corrected chi connectivity index (χ3v) is 5.81. The van der Waals surface area contributed by atoms with Crippen LogP contribution in [-0.4, -0.2) is 19.7 Å². The molecule has 0 aliphatic carbocycles. The van der Waals surface area contributed by atoms with Crippen LogP contribution in [0, 0.1) is 4.51 Å². The molecule has 0 aliphatic heterocycles. The fourth-order valence-corrected chi connectivity index (χ4v) is 4.20. The van der Waals surface area contributed by atoms with Crippen molar-refractivity contribution in [3.8, 4) is 28.0 Å². The normalized spacial score (nSPS) is 10.9. The van der Waals surface area contributed by atoms with Gasteiger partial charge >= 0.3 is 0 Å². The Morgan fingerprint density at radius 1 is 0.839 bits per heavy atom. The van der Waals surface area contributed by atoms with Crippen molar-refractivity contribution in [2.75, 3.05) is 24.6 Å². The number of anilines is 1. The molecule has 0 amide bonds. The van der Waals surface area contributed by atoms with E-state index < -0.39 is 0 Å². The fraction of sp³-hybridized carbons (Fsp3) is 0.222. The largest absolute Gasteiger partial charge is 0.492 e. The summed E-state index contributed by atoms with van der Waals surface area (Å²) in [5.41, 5.74) is 4.86. The lowest BCUT2D eigenvalue weighted by Gasteiger charge is -2.22. The average molecular weight is 430 g/mol. The predicted molar refractivity (Wildman–Crippen MR) is 133 cm³/mol. The monoisotopic (exact) mass is 429 g/mol. The van der Waals surface area contributed by atoms with Crippen LogP contribution in [0.1, 0.15) is 20.8 Å². The molecule has 1 heterocycles. The minimum absolute atomic E-state index is 0.557. The molecule has 31 heavy (non-hydrogen) atoms. The van der Waals surface area contributed by atoms with Crippen LogP contribution in [0.15, 0.2) is 77.2 Å². The second kappa shape index (κ2) is 9.36. The molecule has 0 fully saturated rings. The van der Waals surface area contributed by atoms with Gasteiger partial charge in [0.05, 0.1) is 16.7 Å². The Balaban J connectivity index is 2.15. The van der Waals surface area contributed by atoms with Crippen LogP contribution < -0.4 is 9.64 Å². The lowest BCUT2D eigenvalue weighted by atomic mass is 9.94. The Bertz CT molecular complexity index is 1230. The molecule has 4 heteroatoms. The second-order valence-electron chi connectivity index (χ2n) is 7.29. The van der Waals surface area contributed by atoms with Gasteiger partial charge < -0.3 is 14.1 Å². The Morgan fingerprint density at radius 3 is 2.03 bits per heavy atom. The number of hydrogen-bond donors (Lipinski definition) is 0. The van der Waals surface area contributed by atoms with Crippen LogP contribution >= 0.6 is 12.2 Å². The van der Waals surface area contributed by atoms with Gasteiger partial charge in [0.25, 0.3) is 0 Å². The summed E-state index contributed by atoms with van der Waals surface area (Å²) in [4.78, 5) is 2.18. The van der Waals surface area contributed by atoms with Crippen LogP contribution in [0.4, 0.5) is 5.88 Å². The van der Waals surface area contributed by atoms with E-state index in [2.05, 4.69) is 49.1 Å². The van der Waals surface area contributed by atoms with Gasteiger partial charge in [-0.1, -0.05) is 72.9 Å².